The number of ether oxygens (including phenoxy) is 2. The molecule has 2 aromatic carbocycles. The smallest absolute Gasteiger partial charge is 0.258 e. The normalized spacial score (nSPS) is 15.1. The third kappa shape index (κ3) is 4.46. The van der Waals surface area contributed by atoms with Crippen molar-refractivity contribution in [3.05, 3.63) is 53.1 Å². The minimum Gasteiger partial charge on any atom is -0.490 e. The Hall–Kier alpha value is -3.21. The molecule has 0 amide bonds. The molecule has 1 aliphatic carbocycles. The SMILES string of the molecule is COCCN[C@@H]1CCc2c(-c3noc(-c4ccc(OC(C)C)c(C#N)c4)n3)cccc21. The fourth-order valence-electron chi connectivity index (χ4n) is 3.97. The van der Waals surface area contributed by atoms with Crippen LogP contribution >= 0.6 is 0 Å². The summed E-state index contributed by atoms with van der Waals surface area (Å²) in [6, 6.07) is 14.0. The van der Waals surface area contributed by atoms with Gasteiger partial charge in [0, 0.05) is 30.8 Å². The summed E-state index contributed by atoms with van der Waals surface area (Å²) in [5, 5.41) is 17.3. The highest BCUT2D eigenvalue weighted by Crippen LogP contribution is 2.37. The van der Waals surface area contributed by atoms with Gasteiger partial charge in [-0.3, -0.25) is 0 Å². The van der Waals surface area contributed by atoms with Gasteiger partial charge in [0.1, 0.15) is 11.8 Å². The number of hydrogen-bond acceptors (Lipinski definition) is 7. The Morgan fingerprint density at radius 1 is 1.29 bits per heavy atom. The molecule has 1 N–H and O–H groups in total. The van der Waals surface area contributed by atoms with E-state index in [1.54, 1.807) is 19.2 Å². The van der Waals surface area contributed by atoms with Crippen LogP contribution in [0.4, 0.5) is 0 Å². The number of nitrogens with zero attached hydrogens (tertiary/aromatic N) is 3. The van der Waals surface area contributed by atoms with Gasteiger partial charge in [0.25, 0.3) is 5.89 Å². The van der Waals surface area contributed by atoms with Gasteiger partial charge in [-0.05, 0) is 56.0 Å². The molecule has 1 aliphatic rings. The van der Waals surface area contributed by atoms with E-state index in [9.17, 15) is 5.26 Å². The number of rotatable bonds is 8. The number of benzene rings is 2. The first-order valence-electron chi connectivity index (χ1n) is 10.5. The largest absolute Gasteiger partial charge is 0.490 e. The van der Waals surface area contributed by atoms with Crippen molar-refractivity contribution in [1.82, 2.24) is 15.5 Å². The number of hydrogen-bond donors (Lipinski definition) is 1. The minimum atomic E-state index is -0.0130. The van der Waals surface area contributed by atoms with E-state index in [0.717, 1.165) is 24.9 Å². The molecular weight excluding hydrogens is 392 g/mol. The average Bonchev–Trinajstić information content (AvgIpc) is 3.41. The predicted octanol–water partition coefficient (Wildman–Crippen LogP) is 4.29. The molecule has 31 heavy (non-hydrogen) atoms. The van der Waals surface area contributed by atoms with Gasteiger partial charge < -0.3 is 19.3 Å². The Labute approximate surface area is 182 Å². The molecule has 0 saturated heterocycles. The zero-order valence-electron chi connectivity index (χ0n) is 18.0. The summed E-state index contributed by atoms with van der Waals surface area (Å²) in [4.78, 5) is 4.63. The van der Waals surface area contributed by atoms with Crippen molar-refractivity contribution in [3.63, 3.8) is 0 Å². The first kappa shape index (κ1) is 21.0. The van der Waals surface area contributed by atoms with Gasteiger partial charge >= 0.3 is 0 Å². The molecule has 1 atom stereocenters. The Morgan fingerprint density at radius 2 is 2.16 bits per heavy atom. The van der Waals surface area contributed by atoms with Crippen molar-refractivity contribution < 1.29 is 14.0 Å². The molecule has 0 bridgehead atoms. The quantitative estimate of drug-likeness (QED) is 0.546. The lowest BCUT2D eigenvalue weighted by Crippen LogP contribution is -2.23. The van der Waals surface area contributed by atoms with Gasteiger partial charge in [-0.15, -0.1) is 0 Å². The van der Waals surface area contributed by atoms with Crippen LogP contribution in [0.25, 0.3) is 22.8 Å². The van der Waals surface area contributed by atoms with E-state index in [1.807, 2.05) is 32.0 Å². The molecule has 4 rings (SSSR count). The molecule has 0 spiro atoms. The van der Waals surface area contributed by atoms with E-state index in [-0.39, 0.29) is 6.10 Å². The highest BCUT2D eigenvalue weighted by molar-refractivity contribution is 5.67. The van der Waals surface area contributed by atoms with Gasteiger partial charge in [0.05, 0.1) is 18.3 Å². The summed E-state index contributed by atoms with van der Waals surface area (Å²) >= 11 is 0. The van der Waals surface area contributed by atoms with Crippen molar-refractivity contribution in [1.29, 1.82) is 5.26 Å². The maximum Gasteiger partial charge on any atom is 0.258 e. The summed E-state index contributed by atoms with van der Waals surface area (Å²) in [5.41, 5.74) is 4.66. The third-order valence-electron chi connectivity index (χ3n) is 5.34. The Kier molecular flexibility index (Phi) is 6.31. The summed E-state index contributed by atoms with van der Waals surface area (Å²) in [6.45, 7) is 5.35. The van der Waals surface area contributed by atoms with Crippen molar-refractivity contribution in [2.24, 2.45) is 0 Å². The maximum absolute atomic E-state index is 9.48. The van der Waals surface area contributed by atoms with Crippen molar-refractivity contribution in [2.45, 2.75) is 38.8 Å². The van der Waals surface area contributed by atoms with Crippen LogP contribution in [0.1, 0.15) is 43.0 Å². The van der Waals surface area contributed by atoms with Gasteiger partial charge in [-0.1, -0.05) is 23.4 Å². The van der Waals surface area contributed by atoms with Crippen LogP contribution in [-0.4, -0.2) is 36.5 Å². The summed E-state index contributed by atoms with van der Waals surface area (Å²) in [5.74, 6) is 1.49. The fraction of sp³-hybridized carbons (Fsp3) is 0.375. The average molecular weight is 418 g/mol. The van der Waals surface area contributed by atoms with Gasteiger partial charge in [0.15, 0.2) is 0 Å². The highest BCUT2D eigenvalue weighted by atomic mass is 16.5. The summed E-state index contributed by atoms with van der Waals surface area (Å²) < 4.78 is 16.4. The van der Waals surface area contributed by atoms with E-state index in [0.29, 0.717) is 41.2 Å². The van der Waals surface area contributed by atoms with Crippen LogP contribution in [0, 0.1) is 11.3 Å². The van der Waals surface area contributed by atoms with Crippen LogP contribution in [0.2, 0.25) is 0 Å². The zero-order valence-corrected chi connectivity index (χ0v) is 18.0. The molecule has 0 unspecified atom stereocenters. The van der Waals surface area contributed by atoms with Crippen molar-refractivity contribution in [3.8, 4) is 34.7 Å². The van der Waals surface area contributed by atoms with Crippen LogP contribution in [-0.2, 0) is 11.2 Å². The van der Waals surface area contributed by atoms with E-state index < -0.39 is 0 Å². The molecule has 1 heterocycles. The van der Waals surface area contributed by atoms with Crippen LogP contribution in [0.3, 0.4) is 0 Å². The first-order valence-corrected chi connectivity index (χ1v) is 10.5. The number of fused-ring (bicyclic) bond motifs is 1. The van der Waals surface area contributed by atoms with Gasteiger partial charge in [-0.2, -0.15) is 10.2 Å². The lowest BCUT2D eigenvalue weighted by molar-refractivity contribution is 0.195. The molecule has 1 aromatic heterocycles. The molecule has 3 aromatic rings. The standard InChI is InChI=1S/C24H26N4O3/c1-15(2)30-22-10-7-16(13-17(22)14-25)24-27-23(28-31-24)20-6-4-5-19-18(20)8-9-21(19)26-11-12-29-3/h4-7,10,13,15,21,26H,8-9,11-12H2,1-3H3/t21-/m1/s1. The van der Waals surface area contributed by atoms with Crippen LogP contribution in [0.5, 0.6) is 5.75 Å². The fourth-order valence-corrected chi connectivity index (χ4v) is 3.97. The molecular formula is C24H26N4O3. The number of aromatic nitrogens is 2. The first-order chi connectivity index (χ1) is 15.1. The van der Waals surface area contributed by atoms with E-state index in [1.165, 1.54) is 11.1 Å². The van der Waals surface area contributed by atoms with Crippen molar-refractivity contribution >= 4 is 0 Å². The van der Waals surface area contributed by atoms with Gasteiger partial charge in [0.2, 0.25) is 5.82 Å². The Balaban J connectivity index is 1.60. The molecule has 0 fully saturated rings. The molecule has 7 nitrogen and oxygen atoms in total. The molecule has 0 saturated carbocycles. The van der Waals surface area contributed by atoms with Crippen molar-refractivity contribution in [2.75, 3.05) is 20.3 Å². The van der Waals surface area contributed by atoms with E-state index >= 15 is 0 Å². The molecule has 0 radical (unpaired) electrons. The topological polar surface area (TPSA) is 93.2 Å². The Morgan fingerprint density at radius 3 is 2.94 bits per heavy atom. The maximum atomic E-state index is 9.48. The number of nitrogens with one attached hydrogen (secondary N) is 1. The second kappa shape index (κ2) is 9.29. The van der Waals surface area contributed by atoms with Crippen LogP contribution < -0.4 is 10.1 Å². The van der Waals surface area contributed by atoms with Crippen LogP contribution in [0.15, 0.2) is 40.9 Å². The molecule has 160 valence electrons. The lowest BCUT2D eigenvalue weighted by Gasteiger charge is -2.14. The highest BCUT2D eigenvalue weighted by Gasteiger charge is 2.26. The lowest BCUT2D eigenvalue weighted by atomic mass is 10.0. The molecule has 0 aliphatic heterocycles. The third-order valence-corrected chi connectivity index (χ3v) is 5.34. The summed E-state index contributed by atoms with van der Waals surface area (Å²) in [6.07, 6.45) is 1.98. The predicted molar refractivity (Wildman–Crippen MR) is 117 cm³/mol. The zero-order chi connectivity index (χ0) is 21.8. The molecule has 7 heteroatoms. The van der Waals surface area contributed by atoms with E-state index in [4.69, 9.17) is 14.0 Å². The monoisotopic (exact) mass is 418 g/mol. The summed E-state index contributed by atoms with van der Waals surface area (Å²) in [7, 11) is 1.71. The minimum absolute atomic E-state index is 0.0130. The van der Waals surface area contributed by atoms with Gasteiger partial charge in [-0.25, -0.2) is 0 Å². The number of methoxy groups -OCH3 is 1. The van der Waals surface area contributed by atoms with E-state index in [2.05, 4.69) is 27.6 Å². The Bertz CT molecular complexity index is 1100. The second-order valence-electron chi connectivity index (χ2n) is 7.82. The number of nitriles is 1. The second-order valence-corrected chi connectivity index (χ2v) is 7.82.